The van der Waals surface area contributed by atoms with Gasteiger partial charge in [0.05, 0.1) is 6.07 Å². The Hall–Kier alpha value is -0.590. The van der Waals surface area contributed by atoms with Crippen molar-refractivity contribution < 1.29 is 0 Å². The average Bonchev–Trinajstić information content (AvgIpc) is 3.11. The normalized spacial score (nSPS) is 20.8. The minimum atomic E-state index is -0.325. The van der Waals surface area contributed by atoms with Crippen molar-refractivity contribution in [2.24, 2.45) is 11.8 Å². The molecule has 1 aliphatic carbocycles. The third kappa shape index (κ3) is 3.96. The number of nitrogens with zero attached hydrogens (tertiary/aromatic N) is 2. The topological polar surface area (TPSA) is 39.1 Å². The Kier molecular flexibility index (Phi) is 5.62. The van der Waals surface area contributed by atoms with Gasteiger partial charge in [0, 0.05) is 12.6 Å². The molecule has 1 aliphatic rings. The molecule has 18 heavy (non-hydrogen) atoms. The summed E-state index contributed by atoms with van der Waals surface area (Å²) in [6.07, 6.45) is 3.59. The predicted molar refractivity (Wildman–Crippen MR) is 76.3 cm³/mol. The zero-order valence-corrected chi connectivity index (χ0v) is 12.7. The molecule has 0 aromatic heterocycles. The van der Waals surface area contributed by atoms with E-state index >= 15 is 0 Å². The van der Waals surface area contributed by atoms with E-state index in [2.05, 4.69) is 51.0 Å². The minimum Gasteiger partial charge on any atom is -0.301 e. The summed E-state index contributed by atoms with van der Waals surface area (Å²) in [5.74, 6) is 1.26. The van der Waals surface area contributed by atoms with Crippen molar-refractivity contribution in [2.45, 2.75) is 58.5 Å². The van der Waals surface area contributed by atoms with Crippen LogP contribution in [0.15, 0.2) is 0 Å². The lowest BCUT2D eigenvalue weighted by atomic mass is 9.93. The van der Waals surface area contributed by atoms with Crippen molar-refractivity contribution in [3.8, 4) is 6.07 Å². The Balaban J connectivity index is 2.63. The molecule has 104 valence electrons. The Morgan fingerprint density at radius 2 is 2.00 bits per heavy atom. The summed E-state index contributed by atoms with van der Waals surface area (Å²) in [5, 5.41) is 13.0. The van der Waals surface area contributed by atoms with Crippen LogP contribution in [0, 0.1) is 23.2 Å². The fourth-order valence-electron chi connectivity index (χ4n) is 2.80. The van der Waals surface area contributed by atoms with Gasteiger partial charge in [-0.2, -0.15) is 5.26 Å². The van der Waals surface area contributed by atoms with E-state index in [1.807, 2.05) is 0 Å². The van der Waals surface area contributed by atoms with Gasteiger partial charge in [0.1, 0.15) is 5.54 Å². The Labute approximate surface area is 113 Å². The number of likely N-dealkylation sites (N-methyl/N-ethyl adjacent to an activating group) is 2. The number of hydrogen-bond donors (Lipinski definition) is 1. The van der Waals surface area contributed by atoms with Crippen molar-refractivity contribution in [3.05, 3.63) is 0 Å². The number of nitriles is 1. The van der Waals surface area contributed by atoms with Crippen LogP contribution in [0.25, 0.3) is 0 Å². The highest BCUT2D eigenvalue weighted by atomic mass is 15.2. The molecule has 2 unspecified atom stereocenters. The van der Waals surface area contributed by atoms with Gasteiger partial charge in [-0.1, -0.05) is 20.8 Å². The predicted octanol–water partition coefficient (Wildman–Crippen LogP) is 2.63. The molecule has 3 heteroatoms. The van der Waals surface area contributed by atoms with Crippen molar-refractivity contribution in [1.29, 1.82) is 5.26 Å². The molecule has 0 aromatic rings. The maximum atomic E-state index is 9.59. The van der Waals surface area contributed by atoms with Gasteiger partial charge in [0.25, 0.3) is 0 Å². The average molecular weight is 251 g/mol. The van der Waals surface area contributed by atoms with E-state index < -0.39 is 0 Å². The highest BCUT2D eigenvalue weighted by molar-refractivity contribution is 5.16. The Morgan fingerprint density at radius 3 is 2.39 bits per heavy atom. The molecule has 1 fully saturated rings. The fourth-order valence-corrected chi connectivity index (χ4v) is 2.80. The number of rotatable bonds is 8. The second-order valence-electron chi connectivity index (χ2n) is 6.28. The number of nitrogens with one attached hydrogen (secondary N) is 1. The molecule has 3 nitrogen and oxygen atoms in total. The number of hydrogen-bond acceptors (Lipinski definition) is 3. The van der Waals surface area contributed by atoms with E-state index in [0.29, 0.717) is 17.9 Å². The minimum absolute atomic E-state index is 0.325. The standard InChI is InChI=1S/C15H29N3/c1-6-17-15(10-16,14-7-8-14)11-18(5)13(4)9-12(2)3/h12-14,17H,6-9,11H2,1-5H3. The van der Waals surface area contributed by atoms with E-state index in [1.165, 1.54) is 19.3 Å². The van der Waals surface area contributed by atoms with Crippen LogP contribution in [0.3, 0.4) is 0 Å². The second-order valence-corrected chi connectivity index (χ2v) is 6.28. The SMILES string of the molecule is CCNC(C#N)(CN(C)C(C)CC(C)C)C1CC1. The van der Waals surface area contributed by atoms with E-state index in [1.54, 1.807) is 0 Å². The van der Waals surface area contributed by atoms with Gasteiger partial charge in [-0.3, -0.25) is 5.32 Å². The van der Waals surface area contributed by atoms with Crippen molar-refractivity contribution in [2.75, 3.05) is 20.1 Å². The van der Waals surface area contributed by atoms with Crippen molar-refractivity contribution in [1.82, 2.24) is 10.2 Å². The first kappa shape index (κ1) is 15.5. The highest BCUT2D eigenvalue weighted by Gasteiger charge is 2.46. The van der Waals surface area contributed by atoms with Crippen LogP contribution in [0.4, 0.5) is 0 Å². The summed E-state index contributed by atoms with van der Waals surface area (Å²) in [6, 6.07) is 3.10. The summed E-state index contributed by atoms with van der Waals surface area (Å²) < 4.78 is 0. The van der Waals surface area contributed by atoms with Crippen LogP contribution in [-0.2, 0) is 0 Å². The summed E-state index contributed by atoms with van der Waals surface area (Å²) in [7, 11) is 2.15. The van der Waals surface area contributed by atoms with Gasteiger partial charge in [-0.05, 0) is 51.6 Å². The van der Waals surface area contributed by atoms with Crippen LogP contribution in [0.5, 0.6) is 0 Å². The van der Waals surface area contributed by atoms with Crippen molar-refractivity contribution >= 4 is 0 Å². The third-order valence-electron chi connectivity index (χ3n) is 4.03. The molecule has 0 aromatic carbocycles. The monoisotopic (exact) mass is 251 g/mol. The second kappa shape index (κ2) is 6.54. The molecule has 1 N–H and O–H groups in total. The van der Waals surface area contributed by atoms with Gasteiger partial charge < -0.3 is 4.90 Å². The van der Waals surface area contributed by atoms with Crippen LogP contribution < -0.4 is 5.32 Å². The third-order valence-corrected chi connectivity index (χ3v) is 4.03. The maximum Gasteiger partial charge on any atom is 0.122 e. The van der Waals surface area contributed by atoms with Gasteiger partial charge in [-0.15, -0.1) is 0 Å². The molecule has 0 bridgehead atoms. The molecule has 1 rings (SSSR count). The zero-order chi connectivity index (χ0) is 13.8. The van der Waals surface area contributed by atoms with Gasteiger partial charge in [-0.25, -0.2) is 0 Å². The maximum absolute atomic E-state index is 9.59. The van der Waals surface area contributed by atoms with Gasteiger partial charge in [0.15, 0.2) is 0 Å². The lowest BCUT2D eigenvalue weighted by Gasteiger charge is -2.35. The quantitative estimate of drug-likeness (QED) is 0.721. The van der Waals surface area contributed by atoms with Crippen LogP contribution in [-0.4, -0.2) is 36.6 Å². The lowest BCUT2D eigenvalue weighted by Crippen LogP contribution is -2.55. The van der Waals surface area contributed by atoms with Crippen LogP contribution >= 0.6 is 0 Å². The smallest absolute Gasteiger partial charge is 0.122 e. The van der Waals surface area contributed by atoms with E-state index in [4.69, 9.17) is 0 Å². The first-order valence-electron chi connectivity index (χ1n) is 7.31. The summed E-state index contributed by atoms with van der Waals surface area (Å²) in [4.78, 5) is 2.35. The van der Waals surface area contributed by atoms with Gasteiger partial charge in [0.2, 0.25) is 0 Å². The largest absolute Gasteiger partial charge is 0.301 e. The summed E-state index contributed by atoms with van der Waals surface area (Å²) >= 11 is 0. The fraction of sp³-hybridized carbons (Fsp3) is 0.933. The molecule has 0 saturated heterocycles. The Bertz CT molecular complexity index is 291. The molecular formula is C15H29N3. The molecule has 2 atom stereocenters. The first-order chi connectivity index (χ1) is 8.45. The van der Waals surface area contributed by atoms with E-state index in [-0.39, 0.29) is 5.54 Å². The molecule has 0 heterocycles. The molecule has 0 spiro atoms. The molecule has 0 radical (unpaired) electrons. The van der Waals surface area contributed by atoms with E-state index in [0.717, 1.165) is 13.1 Å². The zero-order valence-electron chi connectivity index (χ0n) is 12.7. The summed E-state index contributed by atoms with van der Waals surface area (Å²) in [6.45, 7) is 10.6. The van der Waals surface area contributed by atoms with E-state index in [9.17, 15) is 5.26 Å². The highest BCUT2D eigenvalue weighted by Crippen LogP contribution is 2.40. The molecule has 0 amide bonds. The first-order valence-corrected chi connectivity index (χ1v) is 7.31. The molecular weight excluding hydrogens is 222 g/mol. The summed E-state index contributed by atoms with van der Waals surface area (Å²) in [5.41, 5.74) is -0.325. The lowest BCUT2D eigenvalue weighted by molar-refractivity contribution is 0.171. The van der Waals surface area contributed by atoms with Crippen LogP contribution in [0.1, 0.15) is 47.0 Å². The van der Waals surface area contributed by atoms with Crippen molar-refractivity contribution in [3.63, 3.8) is 0 Å². The van der Waals surface area contributed by atoms with Crippen LogP contribution in [0.2, 0.25) is 0 Å². The molecule has 1 saturated carbocycles. The Morgan fingerprint density at radius 1 is 1.39 bits per heavy atom. The molecule has 0 aliphatic heterocycles. The van der Waals surface area contributed by atoms with Gasteiger partial charge >= 0.3 is 0 Å².